The largest absolute Gasteiger partial charge is 0.484 e. The Morgan fingerprint density at radius 2 is 1.61 bits per heavy atom. The van der Waals surface area contributed by atoms with Gasteiger partial charge in [-0.15, -0.1) is 0 Å². The predicted octanol–water partition coefficient (Wildman–Crippen LogP) is 4.47. The molecule has 0 aromatic heterocycles. The molecule has 1 saturated heterocycles. The molecule has 0 unspecified atom stereocenters. The highest BCUT2D eigenvalue weighted by Gasteiger charge is 2.21. The minimum Gasteiger partial charge on any atom is -0.484 e. The zero-order chi connectivity index (χ0) is 19.5. The summed E-state index contributed by atoms with van der Waals surface area (Å²) in [4.78, 5) is 16.5. The van der Waals surface area contributed by atoms with Gasteiger partial charge in [0.15, 0.2) is 6.61 Å². The lowest BCUT2D eigenvalue weighted by Crippen LogP contribution is -2.50. The summed E-state index contributed by atoms with van der Waals surface area (Å²) in [6, 6.07) is 18.3. The Kier molecular flexibility index (Phi) is 5.48. The fraction of sp³-hybridized carbons (Fsp3) is 0.227. The lowest BCUT2D eigenvalue weighted by atomic mass is 10.1. The Morgan fingerprint density at radius 3 is 2.36 bits per heavy atom. The van der Waals surface area contributed by atoms with E-state index in [1.807, 2.05) is 41.3 Å². The SMILES string of the molecule is O=C(COc1ccc2cc(Br)ccc2c1)N1CCN(c2ccc(F)cc2)CC1. The summed E-state index contributed by atoms with van der Waals surface area (Å²) < 4.78 is 19.8. The highest BCUT2D eigenvalue weighted by molar-refractivity contribution is 9.10. The number of hydrogen-bond donors (Lipinski definition) is 0. The molecule has 0 atom stereocenters. The molecule has 0 radical (unpaired) electrons. The van der Waals surface area contributed by atoms with Crippen LogP contribution in [0, 0.1) is 5.82 Å². The second-order valence-electron chi connectivity index (χ2n) is 6.79. The molecule has 1 fully saturated rings. The maximum Gasteiger partial charge on any atom is 0.260 e. The third-order valence-corrected chi connectivity index (χ3v) is 5.45. The van der Waals surface area contributed by atoms with Crippen molar-refractivity contribution in [3.8, 4) is 5.75 Å². The summed E-state index contributed by atoms with van der Waals surface area (Å²) in [5.74, 6) is 0.429. The first kappa shape index (κ1) is 18.7. The normalized spacial score (nSPS) is 14.4. The van der Waals surface area contributed by atoms with Gasteiger partial charge in [0, 0.05) is 36.3 Å². The first-order valence-corrected chi connectivity index (χ1v) is 9.98. The standard InChI is InChI=1S/C22H20BrFN2O2/c23-18-3-1-17-14-21(8-2-16(17)13-18)28-15-22(27)26-11-9-25(10-12-26)20-6-4-19(24)5-7-20/h1-8,13-14H,9-12,15H2. The van der Waals surface area contributed by atoms with Crippen molar-refractivity contribution in [3.05, 3.63) is 71.0 Å². The van der Waals surface area contributed by atoms with Gasteiger partial charge in [0.1, 0.15) is 11.6 Å². The first-order chi connectivity index (χ1) is 13.6. The molecular weight excluding hydrogens is 423 g/mol. The fourth-order valence-electron chi connectivity index (χ4n) is 3.39. The highest BCUT2D eigenvalue weighted by Crippen LogP contribution is 2.24. The van der Waals surface area contributed by atoms with Crippen molar-refractivity contribution in [2.75, 3.05) is 37.7 Å². The number of hydrogen-bond acceptors (Lipinski definition) is 3. The zero-order valence-corrected chi connectivity index (χ0v) is 16.9. The number of nitrogens with zero attached hydrogens (tertiary/aromatic N) is 2. The molecule has 0 spiro atoms. The number of halogens is 2. The predicted molar refractivity (Wildman–Crippen MR) is 112 cm³/mol. The maximum atomic E-state index is 13.1. The lowest BCUT2D eigenvalue weighted by molar-refractivity contribution is -0.133. The second-order valence-corrected chi connectivity index (χ2v) is 7.70. The van der Waals surface area contributed by atoms with Crippen LogP contribution >= 0.6 is 15.9 Å². The van der Waals surface area contributed by atoms with E-state index >= 15 is 0 Å². The van der Waals surface area contributed by atoms with Gasteiger partial charge in [-0.3, -0.25) is 4.79 Å². The average Bonchev–Trinajstić information content (AvgIpc) is 2.72. The molecule has 1 heterocycles. The van der Waals surface area contributed by atoms with E-state index in [2.05, 4.69) is 20.8 Å². The molecule has 3 aromatic carbocycles. The smallest absolute Gasteiger partial charge is 0.260 e. The molecular formula is C22H20BrFN2O2. The van der Waals surface area contributed by atoms with Gasteiger partial charge in [-0.1, -0.05) is 28.1 Å². The van der Waals surface area contributed by atoms with Gasteiger partial charge in [0.25, 0.3) is 5.91 Å². The van der Waals surface area contributed by atoms with Crippen molar-refractivity contribution >= 4 is 38.3 Å². The molecule has 6 heteroatoms. The summed E-state index contributed by atoms with van der Waals surface area (Å²) in [6.07, 6.45) is 0. The fourth-order valence-corrected chi connectivity index (χ4v) is 3.77. The van der Waals surface area contributed by atoms with Gasteiger partial charge in [-0.2, -0.15) is 0 Å². The summed E-state index contributed by atoms with van der Waals surface area (Å²) in [5.41, 5.74) is 0.979. The molecule has 0 N–H and O–H groups in total. The molecule has 1 aliphatic heterocycles. The highest BCUT2D eigenvalue weighted by atomic mass is 79.9. The molecule has 1 aliphatic rings. The van der Waals surface area contributed by atoms with Crippen LogP contribution in [0.3, 0.4) is 0 Å². The maximum absolute atomic E-state index is 13.1. The van der Waals surface area contributed by atoms with Crippen LogP contribution in [-0.2, 0) is 4.79 Å². The van der Waals surface area contributed by atoms with Crippen LogP contribution in [0.5, 0.6) is 5.75 Å². The number of amides is 1. The van der Waals surface area contributed by atoms with Crippen molar-refractivity contribution in [2.45, 2.75) is 0 Å². The van der Waals surface area contributed by atoms with Gasteiger partial charge in [0.2, 0.25) is 0 Å². The number of carbonyl (C=O) groups excluding carboxylic acids is 1. The topological polar surface area (TPSA) is 32.8 Å². The Hall–Kier alpha value is -2.60. The minimum atomic E-state index is -0.240. The van der Waals surface area contributed by atoms with Crippen LogP contribution < -0.4 is 9.64 Å². The molecule has 28 heavy (non-hydrogen) atoms. The molecule has 4 rings (SSSR count). The van der Waals surface area contributed by atoms with Crippen molar-refractivity contribution in [2.24, 2.45) is 0 Å². The quantitative estimate of drug-likeness (QED) is 0.597. The van der Waals surface area contributed by atoms with Crippen LogP contribution in [-0.4, -0.2) is 43.6 Å². The van der Waals surface area contributed by atoms with E-state index in [9.17, 15) is 9.18 Å². The Labute approximate surface area is 171 Å². The van der Waals surface area contributed by atoms with E-state index in [-0.39, 0.29) is 18.3 Å². The van der Waals surface area contributed by atoms with E-state index in [1.165, 1.54) is 12.1 Å². The average molecular weight is 443 g/mol. The summed E-state index contributed by atoms with van der Waals surface area (Å²) in [5, 5.41) is 2.19. The van der Waals surface area contributed by atoms with Crippen LogP contribution in [0.25, 0.3) is 10.8 Å². The minimum absolute atomic E-state index is 0.0188. The molecule has 0 bridgehead atoms. The molecule has 1 amide bonds. The Balaban J connectivity index is 1.31. The van der Waals surface area contributed by atoms with Crippen LogP contribution in [0.15, 0.2) is 65.1 Å². The number of carbonyl (C=O) groups is 1. The Bertz CT molecular complexity index is 985. The number of ether oxygens (including phenoxy) is 1. The number of piperazine rings is 1. The van der Waals surface area contributed by atoms with Crippen LogP contribution in [0.2, 0.25) is 0 Å². The van der Waals surface area contributed by atoms with E-state index in [1.54, 1.807) is 12.1 Å². The van der Waals surface area contributed by atoms with E-state index in [0.29, 0.717) is 18.8 Å². The monoisotopic (exact) mass is 442 g/mol. The van der Waals surface area contributed by atoms with Gasteiger partial charge in [-0.25, -0.2) is 4.39 Å². The van der Waals surface area contributed by atoms with Gasteiger partial charge < -0.3 is 14.5 Å². The molecule has 0 saturated carbocycles. The van der Waals surface area contributed by atoms with Crippen molar-refractivity contribution in [1.82, 2.24) is 4.90 Å². The Morgan fingerprint density at radius 1 is 0.929 bits per heavy atom. The molecule has 144 valence electrons. The molecule has 3 aromatic rings. The van der Waals surface area contributed by atoms with Crippen molar-refractivity contribution in [1.29, 1.82) is 0 Å². The number of fused-ring (bicyclic) bond motifs is 1. The van der Waals surface area contributed by atoms with Crippen LogP contribution in [0.4, 0.5) is 10.1 Å². The zero-order valence-electron chi connectivity index (χ0n) is 15.3. The molecule has 0 aliphatic carbocycles. The number of rotatable bonds is 4. The van der Waals surface area contributed by atoms with Gasteiger partial charge >= 0.3 is 0 Å². The summed E-state index contributed by atoms with van der Waals surface area (Å²) >= 11 is 3.47. The first-order valence-electron chi connectivity index (χ1n) is 9.19. The number of anilines is 1. The van der Waals surface area contributed by atoms with Crippen molar-refractivity contribution < 1.29 is 13.9 Å². The van der Waals surface area contributed by atoms with E-state index in [4.69, 9.17) is 4.74 Å². The third kappa shape index (κ3) is 4.28. The summed E-state index contributed by atoms with van der Waals surface area (Å²) in [7, 11) is 0. The molecule has 4 nitrogen and oxygen atoms in total. The van der Waals surface area contributed by atoms with Crippen molar-refractivity contribution in [3.63, 3.8) is 0 Å². The summed E-state index contributed by atoms with van der Waals surface area (Å²) in [6.45, 7) is 2.74. The second kappa shape index (κ2) is 8.19. The number of benzene rings is 3. The van der Waals surface area contributed by atoms with Crippen LogP contribution in [0.1, 0.15) is 0 Å². The van der Waals surface area contributed by atoms with Gasteiger partial charge in [0.05, 0.1) is 0 Å². The van der Waals surface area contributed by atoms with E-state index < -0.39 is 0 Å². The van der Waals surface area contributed by atoms with E-state index in [0.717, 1.165) is 34.0 Å². The van der Waals surface area contributed by atoms with Gasteiger partial charge in [-0.05, 0) is 59.3 Å². The lowest BCUT2D eigenvalue weighted by Gasteiger charge is -2.36. The third-order valence-electron chi connectivity index (χ3n) is 4.96.